The van der Waals surface area contributed by atoms with Gasteiger partial charge >= 0.3 is 0 Å². The monoisotopic (exact) mass is 404 g/mol. The van der Waals surface area contributed by atoms with E-state index >= 15 is 0 Å². The minimum atomic E-state index is 0.258. The van der Waals surface area contributed by atoms with Crippen LogP contribution in [0.1, 0.15) is 56.5 Å². The Kier molecular flexibility index (Phi) is 4.74. The van der Waals surface area contributed by atoms with Gasteiger partial charge in [0.1, 0.15) is 5.82 Å². The van der Waals surface area contributed by atoms with Gasteiger partial charge in [-0.2, -0.15) is 0 Å². The molecule has 0 atom stereocenters. The predicted octanol–water partition coefficient (Wildman–Crippen LogP) is 8.16. The molecule has 0 bridgehead atoms. The first-order chi connectivity index (χ1) is 14.9. The van der Waals surface area contributed by atoms with Gasteiger partial charge in [0, 0.05) is 22.3 Å². The average Bonchev–Trinajstić information content (AvgIpc) is 2.78. The summed E-state index contributed by atoms with van der Waals surface area (Å²) in [5.74, 6) is 1.67. The molecule has 1 aromatic heterocycles. The van der Waals surface area contributed by atoms with Crippen LogP contribution in [-0.2, 0) is 0 Å². The number of rotatable bonds is 3. The molecule has 0 amide bonds. The highest BCUT2D eigenvalue weighted by Crippen LogP contribution is 2.36. The maximum atomic E-state index is 5.09. The van der Waals surface area contributed by atoms with Gasteiger partial charge in [-0.05, 0) is 52.3 Å². The van der Waals surface area contributed by atoms with Gasteiger partial charge in [0.15, 0.2) is 0 Å². The Labute approximate surface area is 184 Å². The lowest BCUT2D eigenvalue weighted by Crippen LogP contribution is -2.02. The third-order valence-electron chi connectivity index (χ3n) is 6.34. The van der Waals surface area contributed by atoms with Gasteiger partial charge in [-0.1, -0.05) is 82.3 Å². The SMILES string of the molecule is Cc1c2ccccc2cc2ccc3c(-c4ccc(C(C)C)cc4)nc(C(C)C)nc3c12. The molecule has 0 spiro atoms. The molecular formula is C29H28N2. The van der Waals surface area contributed by atoms with Crippen LogP contribution >= 0.6 is 0 Å². The Balaban J connectivity index is 1.88. The van der Waals surface area contributed by atoms with E-state index in [4.69, 9.17) is 9.97 Å². The average molecular weight is 405 g/mol. The second-order valence-corrected chi connectivity index (χ2v) is 9.14. The fourth-order valence-corrected chi connectivity index (χ4v) is 4.51. The number of hydrogen-bond donors (Lipinski definition) is 0. The lowest BCUT2D eigenvalue weighted by atomic mass is 9.94. The zero-order chi connectivity index (χ0) is 21.7. The van der Waals surface area contributed by atoms with Crippen LogP contribution in [0, 0.1) is 6.92 Å². The van der Waals surface area contributed by atoms with Crippen molar-refractivity contribution >= 4 is 32.4 Å². The van der Waals surface area contributed by atoms with E-state index in [0.717, 1.165) is 28.0 Å². The first-order valence-corrected chi connectivity index (χ1v) is 11.2. The van der Waals surface area contributed by atoms with E-state index in [0.29, 0.717) is 5.92 Å². The van der Waals surface area contributed by atoms with Crippen LogP contribution in [0.4, 0.5) is 0 Å². The van der Waals surface area contributed by atoms with Crippen LogP contribution in [0.25, 0.3) is 43.7 Å². The van der Waals surface area contributed by atoms with Gasteiger partial charge < -0.3 is 0 Å². The molecule has 2 heteroatoms. The largest absolute Gasteiger partial charge is 0.232 e. The molecule has 0 saturated heterocycles. The summed E-state index contributed by atoms with van der Waals surface area (Å²) in [7, 11) is 0. The lowest BCUT2D eigenvalue weighted by Gasteiger charge is -2.15. The van der Waals surface area contributed by atoms with Gasteiger partial charge in [0.25, 0.3) is 0 Å². The van der Waals surface area contributed by atoms with Crippen molar-refractivity contribution in [2.45, 2.75) is 46.5 Å². The van der Waals surface area contributed by atoms with Crippen molar-refractivity contribution in [2.24, 2.45) is 0 Å². The second-order valence-electron chi connectivity index (χ2n) is 9.14. The Hall–Kier alpha value is -3.26. The van der Waals surface area contributed by atoms with Gasteiger partial charge in [-0.3, -0.25) is 0 Å². The molecular weight excluding hydrogens is 376 g/mol. The Morgan fingerprint density at radius 2 is 1.42 bits per heavy atom. The van der Waals surface area contributed by atoms with E-state index in [2.05, 4.69) is 101 Å². The van der Waals surface area contributed by atoms with E-state index < -0.39 is 0 Å². The van der Waals surface area contributed by atoms with Crippen molar-refractivity contribution in [3.63, 3.8) is 0 Å². The van der Waals surface area contributed by atoms with E-state index in [1.165, 1.54) is 32.7 Å². The van der Waals surface area contributed by atoms with Crippen molar-refractivity contribution in [3.05, 3.63) is 83.7 Å². The highest BCUT2D eigenvalue weighted by molar-refractivity contribution is 6.15. The summed E-state index contributed by atoms with van der Waals surface area (Å²) in [5.41, 5.74) is 5.87. The number of nitrogens with zero attached hydrogens (tertiary/aromatic N) is 2. The zero-order valence-electron chi connectivity index (χ0n) is 18.9. The summed E-state index contributed by atoms with van der Waals surface area (Å²) in [6, 6.07) is 24.2. The normalized spacial score (nSPS) is 12.0. The first-order valence-electron chi connectivity index (χ1n) is 11.2. The maximum Gasteiger partial charge on any atom is 0.132 e. The molecule has 0 radical (unpaired) electrons. The summed E-state index contributed by atoms with van der Waals surface area (Å²) < 4.78 is 0. The number of benzene rings is 4. The molecule has 0 unspecified atom stereocenters. The molecule has 0 saturated carbocycles. The van der Waals surface area contributed by atoms with Crippen molar-refractivity contribution in [1.82, 2.24) is 9.97 Å². The Morgan fingerprint density at radius 1 is 0.677 bits per heavy atom. The van der Waals surface area contributed by atoms with E-state index in [9.17, 15) is 0 Å². The van der Waals surface area contributed by atoms with E-state index in [-0.39, 0.29) is 5.92 Å². The number of aromatic nitrogens is 2. The van der Waals surface area contributed by atoms with Crippen LogP contribution in [0.15, 0.2) is 66.7 Å². The molecule has 5 aromatic rings. The van der Waals surface area contributed by atoms with Gasteiger partial charge in [0.05, 0.1) is 11.2 Å². The molecule has 0 fully saturated rings. The van der Waals surface area contributed by atoms with Gasteiger partial charge in [-0.15, -0.1) is 0 Å². The maximum absolute atomic E-state index is 5.09. The van der Waals surface area contributed by atoms with E-state index in [1.54, 1.807) is 0 Å². The van der Waals surface area contributed by atoms with Gasteiger partial charge in [-0.25, -0.2) is 9.97 Å². The fourth-order valence-electron chi connectivity index (χ4n) is 4.51. The molecule has 0 aliphatic rings. The van der Waals surface area contributed by atoms with Crippen molar-refractivity contribution < 1.29 is 0 Å². The molecule has 1 heterocycles. The highest BCUT2D eigenvalue weighted by Gasteiger charge is 2.16. The van der Waals surface area contributed by atoms with Crippen LogP contribution < -0.4 is 0 Å². The minimum Gasteiger partial charge on any atom is -0.232 e. The van der Waals surface area contributed by atoms with Crippen molar-refractivity contribution in [1.29, 1.82) is 0 Å². The molecule has 0 N–H and O–H groups in total. The van der Waals surface area contributed by atoms with Gasteiger partial charge in [0.2, 0.25) is 0 Å². The number of aryl methyl sites for hydroxylation is 1. The Morgan fingerprint density at radius 3 is 2.13 bits per heavy atom. The van der Waals surface area contributed by atoms with Crippen LogP contribution in [-0.4, -0.2) is 9.97 Å². The van der Waals surface area contributed by atoms with E-state index in [1.807, 2.05) is 0 Å². The van der Waals surface area contributed by atoms with Crippen LogP contribution in [0.2, 0.25) is 0 Å². The number of fused-ring (bicyclic) bond motifs is 4. The van der Waals surface area contributed by atoms with Crippen LogP contribution in [0.3, 0.4) is 0 Å². The summed E-state index contributed by atoms with van der Waals surface area (Å²) in [5, 5.41) is 6.15. The smallest absolute Gasteiger partial charge is 0.132 e. The summed E-state index contributed by atoms with van der Waals surface area (Å²) in [6.07, 6.45) is 0. The van der Waals surface area contributed by atoms with Crippen molar-refractivity contribution in [3.8, 4) is 11.3 Å². The number of hydrogen-bond acceptors (Lipinski definition) is 2. The third-order valence-corrected chi connectivity index (χ3v) is 6.34. The minimum absolute atomic E-state index is 0.258. The lowest BCUT2D eigenvalue weighted by molar-refractivity contribution is 0.785. The highest BCUT2D eigenvalue weighted by atomic mass is 14.9. The molecule has 0 aliphatic heterocycles. The predicted molar refractivity (Wildman–Crippen MR) is 133 cm³/mol. The molecule has 4 aromatic carbocycles. The molecule has 2 nitrogen and oxygen atoms in total. The standard InChI is InChI=1S/C29H28N2/c1-17(2)20-10-12-21(13-11-20)27-25-15-14-23-16-22-8-6-7-9-24(22)19(5)26(23)28(25)31-29(30-27)18(3)4/h6-18H,1-5H3. The fraction of sp³-hybridized carbons (Fsp3) is 0.241. The zero-order valence-corrected chi connectivity index (χ0v) is 18.9. The summed E-state index contributed by atoms with van der Waals surface area (Å²) in [4.78, 5) is 10.1. The topological polar surface area (TPSA) is 25.8 Å². The molecule has 154 valence electrons. The summed E-state index contributed by atoms with van der Waals surface area (Å²) in [6.45, 7) is 11.0. The Bertz CT molecular complexity index is 1430. The third kappa shape index (κ3) is 3.27. The molecule has 31 heavy (non-hydrogen) atoms. The van der Waals surface area contributed by atoms with Crippen LogP contribution in [0.5, 0.6) is 0 Å². The molecule has 5 rings (SSSR count). The first kappa shape index (κ1) is 19.7. The molecule has 0 aliphatic carbocycles. The quantitative estimate of drug-likeness (QED) is 0.224. The summed E-state index contributed by atoms with van der Waals surface area (Å²) >= 11 is 0. The second kappa shape index (κ2) is 7.46. The van der Waals surface area contributed by atoms with Crippen molar-refractivity contribution in [2.75, 3.05) is 0 Å².